The van der Waals surface area contributed by atoms with E-state index in [0.29, 0.717) is 11.3 Å². The molecular formula is C15H8ClN3O. The van der Waals surface area contributed by atoms with Crippen LogP contribution in [0.25, 0.3) is 10.9 Å². The SMILES string of the molecule is N#Cc1ccnc(Oc2cccc3cccnc23)c1Cl. The zero-order valence-electron chi connectivity index (χ0n) is 10.2. The lowest BCUT2D eigenvalue weighted by atomic mass is 10.2. The van der Waals surface area contributed by atoms with Crippen molar-refractivity contribution in [1.82, 2.24) is 9.97 Å². The molecule has 0 fully saturated rings. The van der Waals surface area contributed by atoms with Crippen LogP contribution < -0.4 is 4.74 Å². The highest BCUT2D eigenvalue weighted by molar-refractivity contribution is 6.33. The Labute approximate surface area is 120 Å². The predicted molar refractivity (Wildman–Crippen MR) is 75.8 cm³/mol. The monoisotopic (exact) mass is 281 g/mol. The standard InChI is InChI=1S/C15H8ClN3O/c16-13-11(9-17)6-8-19-15(13)20-12-5-1-3-10-4-2-7-18-14(10)12/h1-8H. The first-order chi connectivity index (χ1) is 9.79. The molecule has 1 aromatic carbocycles. The first kappa shape index (κ1) is 12.4. The Morgan fingerprint density at radius 3 is 2.75 bits per heavy atom. The predicted octanol–water partition coefficient (Wildman–Crippen LogP) is 3.95. The largest absolute Gasteiger partial charge is 0.435 e. The van der Waals surface area contributed by atoms with Gasteiger partial charge in [-0.3, -0.25) is 4.98 Å². The Morgan fingerprint density at radius 1 is 1.05 bits per heavy atom. The number of aromatic nitrogens is 2. The van der Waals surface area contributed by atoms with E-state index in [-0.39, 0.29) is 10.9 Å². The highest BCUT2D eigenvalue weighted by Crippen LogP contribution is 2.32. The Hall–Kier alpha value is -2.64. The summed E-state index contributed by atoms with van der Waals surface area (Å²) in [6.45, 7) is 0. The molecule has 0 aliphatic carbocycles. The highest BCUT2D eigenvalue weighted by atomic mass is 35.5. The summed E-state index contributed by atoms with van der Waals surface area (Å²) in [7, 11) is 0. The van der Waals surface area contributed by atoms with Crippen molar-refractivity contribution >= 4 is 22.5 Å². The smallest absolute Gasteiger partial charge is 0.239 e. The van der Waals surface area contributed by atoms with Crippen molar-refractivity contribution in [3.8, 4) is 17.7 Å². The van der Waals surface area contributed by atoms with Crippen LogP contribution in [0.1, 0.15) is 5.56 Å². The molecule has 0 spiro atoms. The van der Waals surface area contributed by atoms with Gasteiger partial charge in [0, 0.05) is 17.8 Å². The molecule has 0 radical (unpaired) electrons. The van der Waals surface area contributed by atoms with Gasteiger partial charge in [0.1, 0.15) is 16.6 Å². The van der Waals surface area contributed by atoms with Gasteiger partial charge < -0.3 is 4.74 Å². The number of ether oxygens (including phenoxy) is 1. The molecule has 0 aliphatic rings. The molecular weight excluding hydrogens is 274 g/mol. The van der Waals surface area contributed by atoms with Crippen LogP contribution in [0.4, 0.5) is 0 Å². The molecule has 0 N–H and O–H groups in total. The summed E-state index contributed by atoms with van der Waals surface area (Å²) in [5.74, 6) is 0.747. The van der Waals surface area contributed by atoms with Gasteiger partial charge in [-0.15, -0.1) is 0 Å². The van der Waals surface area contributed by atoms with Crippen LogP contribution in [-0.4, -0.2) is 9.97 Å². The van der Waals surface area contributed by atoms with Gasteiger partial charge in [-0.05, 0) is 18.2 Å². The molecule has 0 bridgehead atoms. The van der Waals surface area contributed by atoms with Gasteiger partial charge in [0.2, 0.25) is 5.88 Å². The van der Waals surface area contributed by atoms with Crippen molar-refractivity contribution in [3.05, 3.63) is 59.4 Å². The first-order valence-corrected chi connectivity index (χ1v) is 6.23. The van der Waals surface area contributed by atoms with Gasteiger partial charge in [-0.2, -0.15) is 5.26 Å². The molecule has 0 atom stereocenters. The molecule has 0 saturated carbocycles. The number of halogens is 1. The fourth-order valence-electron chi connectivity index (χ4n) is 1.84. The van der Waals surface area contributed by atoms with Crippen LogP contribution >= 0.6 is 11.6 Å². The fraction of sp³-hybridized carbons (Fsp3) is 0. The molecule has 2 aromatic heterocycles. The number of hydrogen-bond acceptors (Lipinski definition) is 4. The number of pyridine rings is 2. The molecule has 5 heteroatoms. The van der Waals surface area contributed by atoms with Crippen molar-refractivity contribution in [1.29, 1.82) is 5.26 Å². The van der Waals surface area contributed by atoms with Crippen LogP contribution in [-0.2, 0) is 0 Å². The minimum Gasteiger partial charge on any atom is -0.435 e. The van der Waals surface area contributed by atoms with E-state index in [9.17, 15) is 0 Å². The third kappa shape index (κ3) is 2.15. The molecule has 4 nitrogen and oxygen atoms in total. The minimum atomic E-state index is 0.197. The van der Waals surface area contributed by atoms with E-state index in [1.165, 1.54) is 12.3 Å². The number of nitrogens with zero attached hydrogens (tertiary/aromatic N) is 3. The van der Waals surface area contributed by atoms with Crippen molar-refractivity contribution < 1.29 is 4.74 Å². The second-order valence-corrected chi connectivity index (χ2v) is 4.40. The number of fused-ring (bicyclic) bond motifs is 1. The molecule has 3 rings (SSSR count). The zero-order valence-corrected chi connectivity index (χ0v) is 11.0. The van der Waals surface area contributed by atoms with Gasteiger partial charge in [0.15, 0.2) is 5.75 Å². The Bertz CT molecular complexity index is 821. The van der Waals surface area contributed by atoms with Crippen molar-refractivity contribution in [3.63, 3.8) is 0 Å². The Kier molecular flexibility index (Phi) is 3.20. The maximum atomic E-state index is 8.95. The minimum absolute atomic E-state index is 0.197. The summed E-state index contributed by atoms with van der Waals surface area (Å²) in [6.07, 6.45) is 3.17. The number of para-hydroxylation sites is 1. The number of hydrogen-bond donors (Lipinski definition) is 0. The second kappa shape index (κ2) is 5.16. The molecule has 0 amide bonds. The van der Waals surface area contributed by atoms with Crippen molar-refractivity contribution in [2.75, 3.05) is 0 Å². The molecule has 20 heavy (non-hydrogen) atoms. The number of rotatable bonds is 2. The summed E-state index contributed by atoms with van der Waals surface area (Å²) >= 11 is 6.08. The maximum Gasteiger partial charge on any atom is 0.239 e. The molecule has 0 aliphatic heterocycles. The van der Waals surface area contributed by atoms with Crippen LogP contribution in [0.5, 0.6) is 11.6 Å². The van der Waals surface area contributed by atoms with E-state index in [0.717, 1.165) is 10.9 Å². The van der Waals surface area contributed by atoms with Gasteiger partial charge in [-0.1, -0.05) is 29.8 Å². The van der Waals surface area contributed by atoms with Gasteiger partial charge in [-0.25, -0.2) is 4.98 Å². The summed E-state index contributed by atoms with van der Waals surface area (Å²) in [4.78, 5) is 8.34. The van der Waals surface area contributed by atoms with E-state index in [1.807, 2.05) is 30.3 Å². The maximum absolute atomic E-state index is 8.95. The lowest BCUT2D eigenvalue weighted by molar-refractivity contribution is 0.467. The number of benzene rings is 1. The van der Waals surface area contributed by atoms with Crippen molar-refractivity contribution in [2.24, 2.45) is 0 Å². The normalized spacial score (nSPS) is 10.2. The third-order valence-corrected chi connectivity index (χ3v) is 3.15. The van der Waals surface area contributed by atoms with E-state index in [2.05, 4.69) is 9.97 Å². The molecule has 0 unspecified atom stereocenters. The molecule has 0 saturated heterocycles. The van der Waals surface area contributed by atoms with E-state index in [4.69, 9.17) is 21.6 Å². The highest BCUT2D eigenvalue weighted by Gasteiger charge is 2.11. The van der Waals surface area contributed by atoms with E-state index < -0.39 is 0 Å². The van der Waals surface area contributed by atoms with Crippen molar-refractivity contribution in [2.45, 2.75) is 0 Å². The fourth-order valence-corrected chi connectivity index (χ4v) is 2.04. The number of nitriles is 1. The second-order valence-electron chi connectivity index (χ2n) is 4.02. The van der Waals surface area contributed by atoms with Gasteiger partial charge >= 0.3 is 0 Å². The zero-order chi connectivity index (χ0) is 13.9. The average molecular weight is 282 g/mol. The molecule has 2 heterocycles. The van der Waals surface area contributed by atoms with Crippen LogP contribution in [0.3, 0.4) is 0 Å². The third-order valence-electron chi connectivity index (χ3n) is 2.78. The average Bonchev–Trinajstić information content (AvgIpc) is 2.50. The Balaban J connectivity index is 2.09. The van der Waals surface area contributed by atoms with Gasteiger partial charge in [0.25, 0.3) is 0 Å². The quantitative estimate of drug-likeness (QED) is 0.714. The van der Waals surface area contributed by atoms with Crippen LogP contribution in [0.2, 0.25) is 5.02 Å². The lowest BCUT2D eigenvalue weighted by Crippen LogP contribution is -1.92. The molecule has 96 valence electrons. The summed E-state index contributed by atoms with van der Waals surface area (Å²) in [5, 5.41) is 10.1. The first-order valence-electron chi connectivity index (χ1n) is 5.86. The molecule has 3 aromatic rings. The summed E-state index contributed by atoms with van der Waals surface area (Å²) < 4.78 is 5.71. The van der Waals surface area contributed by atoms with E-state index in [1.54, 1.807) is 12.3 Å². The summed E-state index contributed by atoms with van der Waals surface area (Å²) in [6, 6.07) is 12.9. The van der Waals surface area contributed by atoms with E-state index >= 15 is 0 Å². The Morgan fingerprint density at radius 2 is 1.90 bits per heavy atom. The van der Waals surface area contributed by atoms with Crippen LogP contribution in [0.15, 0.2) is 48.8 Å². The topological polar surface area (TPSA) is 58.8 Å². The lowest BCUT2D eigenvalue weighted by Gasteiger charge is -2.08. The van der Waals surface area contributed by atoms with Gasteiger partial charge in [0.05, 0.1) is 5.56 Å². The summed E-state index contributed by atoms with van der Waals surface area (Å²) in [5.41, 5.74) is 1.04. The van der Waals surface area contributed by atoms with Crippen LogP contribution in [0, 0.1) is 11.3 Å².